The van der Waals surface area contributed by atoms with Crippen LogP contribution >= 0.6 is 0 Å². The lowest BCUT2D eigenvalue weighted by Gasteiger charge is -2.08. The zero-order chi connectivity index (χ0) is 10.6. The highest BCUT2D eigenvalue weighted by Gasteiger charge is 2.04. The standard InChI is InChI=1S/C10H13NO3/c1-7-6-8(13-2)4-5-9(7)11-10(12)14-3/h4-6H,1-3H3,(H,11,12). The van der Waals surface area contributed by atoms with Gasteiger partial charge in [0.1, 0.15) is 5.75 Å². The molecule has 0 aliphatic rings. The molecule has 0 heterocycles. The van der Waals surface area contributed by atoms with E-state index in [1.807, 2.05) is 13.0 Å². The Kier molecular flexibility index (Phi) is 3.34. The summed E-state index contributed by atoms with van der Waals surface area (Å²) in [7, 11) is 2.93. The van der Waals surface area contributed by atoms with Crippen molar-refractivity contribution < 1.29 is 14.3 Å². The smallest absolute Gasteiger partial charge is 0.411 e. The minimum Gasteiger partial charge on any atom is -0.497 e. The summed E-state index contributed by atoms with van der Waals surface area (Å²) in [5.41, 5.74) is 1.65. The Labute approximate surface area is 82.8 Å². The molecule has 0 atom stereocenters. The minimum atomic E-state index is -0.474. The SMILES string of the molecule is COC(=O)Nc1ccc(OC)cc1C. The molecule has 1 rings (SSSR count). The van der Waals surface area contributed by atoms with Gasteiger partial charge in [-0.05, 0) is 30.7 Å². The summed E-state index contributed by atoms with van der Waals surface area (Å²) in [6, 6.07) is 5.38. The van der Waals surface area contributed by atoms with Crippen LogP contribution in [0.15, 0.2) is 18.2 Å². The average Bonchev–Trinajstić information content (AvgIpc) is 2.20. The number of anilines is 1. The van der Waals surface area contributed by atoms with Gasteiger partial charge in [-0.2, -0.15) is 0 Å². The highest BCUT2D eigenvalue weighted by atomic mass is 16.5. The lowest BCUT2D eigenvalue weighted by molar-refractivity contribution is 0.187. The van der Waals surface area contributed by atoms with E-state index in [9.17, 15) is 4.79 Å². The Morgan fingerprint density at radius 1 is 1.36 bits per heavy atom. The van der Waals surface area contributed by atoms with Gasteiger partial charge in [-0.25, -0.2) is 4.79 Å². The predicted molar refractivity (Wildman–Crippen MR) is 53.8 cm³/mol. The molecule has 4 heteroatoms. The monoisotopic (exact) mass is 195 g/mol. The molecule has 4 nitrogen and oxygen atoms in total. The molecule has 1 aromatic rings. The van der Waals surface area contributed by atoms with Gasteiger partial charge in [0.2, 0.25) is 0 Å². The van der Waals surface area contributed by atoms with E-state index in [1.165, 1.54) is 7.11 Å². The Balaban J connectivity index is 2.83. The number of methoxy groups -OCH3 is 2. The van der Waals surface area contributed by atoms with Crippen molar-refractivity contribution in [3.05, 3.63) is 23.8 Å². The number of carbonyl (C=O) groups excluding carboxylic acids is 1. The molecule has 14 heavy (non-hydrogen) atoms. The number of rotatable bonds is 2. The molecular weight excluding hydrogens is 182 g/mol. The first-order valence-electron chi connectivity index (χ1n) is 4.17. The largest absolute Gasteiger partial charge is 0.497 e. The Bertz CT molecular complexity index is 336. The minimum absolute atomic E-state index is 0.474. The molecule has 1 amide bonds. The van der Waals surface area contributed by atoms with Gasteiger partial charge in [0.05, 0.1) is 14.2 Å². The van der Waals surface area contributed by atoms with Crippen LogP contribution in [0.25, 0.3) is 0 Å². The first-order chi connectivity index (χ1) is 6.67. The number of carbonyl (C=O) groups is 1. The number of hydrogen-bond acceptors (Lipinski definition) is 3. The van der Waals surface area contributed by atoms with Crippen LogP contribution in [-0.4, -0.2) is 20.3 Å². The second-order valence-electron chi connectivity index (χ2n) is 2.80. The molecule has 1 aromatic carbocycles. The van der Waals surface area contributed by atoms with Gasteiger partial charge in [-0.1, -0.05) is 0 Å². The van der Waals surface area contributed by atoms with Crippen molar-refractivity contribution in [2.75, 3.05) is 19.5 Å². The third kappa shape index (κ3) is 2.39. The number of hydrogen-bond donors (Lipinski definition) is 1. The Morgan fingerprint density at radius 2 is 2.07 bits per heavy atom. The summed E-state index contributed by atoms with van der Waals surface area (Å²) < 4.78 is 9.52. The van der Waals surface area contributed by atoms with E-state index in [2.05, 4.69) is 10.1 Å². The molecule has 0 saturated heterocycles. The summed E-state index contributed by atoms with van der Waals surface area (Å²) >= 11 is 0. The summed E-state index contributed by atoms with van der Waals surface area (Å²) in [5, 5.41) is 2.59. The zero-order valence-electron chi connectivity index (χ0n) is 8.46. The lowest BCUT2D eigenvalue weighted by Crippen LogP contribution is -2.11. The van der Waals surface area contributed by atoms with E-state index in [0.29, 0.717) is 0 Å². The maximum atomic E-state index is 10.9. The van der Waals surface area contributed by atoms with Crippen LogP contribution in [-0.2, 0) is 4.74 Å². The molecule has 0 aliphatic carbocycles. The van der Waals surface area contributed by atoms with E-state index >= 15 is 0 Å². The first kappa shape index (κ1) is 10.4. The number of ether oxygens (including phenoxy) is 2. The number of aryl methyl sites for hydroxylation is 1. The quantitative estimate of drug-likeness (QED) is 0.786. The maximum Gasteiger partial charge on any atom is 0.411 e. The summed E-state index contributed by atoms with van der Waals surface area (Å²) in [4.78, 5) is 10.9. The van der Waals surface area contributed by atoms with Gasteiger partial charge in [0.25, 0.3) is 0 Å². The van der Waals surface area contributed by atoms with Gasteiger partial charge < -0.3 is 9.47 Å². The molecule has 0 bridgehead atoms. The van der Waals surface area contributed by atoms with Gasteiger partial charge in [0.15, 0.2) is 0 Å². The highest BCUT2D eigenvalue weighted by Crippen LogP contribution is 2.20. The first-order valence-corrected chi connectivity index (χ1v) is 4.17. The molecule has 0 fully saturated rings. The van der Waals surface area contributed by atoms with Crippen LogP contribution in [0.1, 0.15) is 5.56 Å². The Hall–Kier alpha value is -1.71. The van der Waals surface area contributed by atoms with Crippen molar-refractivity contribution in [1.82, 2.24) is 0 Å². The molecule has 0 spiro atoms. The number of nitrogens with one attached hydrogen (secondary N) is 1. The highest BCUT2D eigenvalue weighted by molar-refractivity contribution is 5.85. The molecule has 0 aromatic heterocycles. The topological polar surface area (TPSA) is 47.6 Å². The molecular formula is C10H13NO3. The van der Waals surface area contributed by atoms with Crippen molar-refractivity contribution in [3.8, 4) is 5.75 Å². The zero-order valence-corrected chi connectivity index (χ0v) is 8.46. The summed E-state index contributed by atoms with van der Waals surface area (Å²) in [6.45, 7) is 1.88. The van der Waals surface area contributed by atoms with Crippen LogP contribution in [0.4, 0.5) is 10.5 Å². The summed E-state index contributed by atoms with van der Waals surface area (Å²) in [5.74, 6) is 0.762. The fourth-order valence-corrected chi connectivity index (χ4v) is 1.06. The third-order valence-electron chi connectivity index (χ3n) is 1.86. The van der Waals surface area contributed by atoms with Gasteiger partial charge in [-0.15, -0.1) is 0 Å². The fourth-order valence-electron chi connectivity index (χ4n) is 1.06. The van der Waals surface area contributed by atoms with Crippen LogP contribution in [0, 0.1) is 6.92 Å². The van der Waals surface area contributed by atoms with Crippen molar-refractivity contribution in [2.45, 2.75) is 6.92 Å². The third-order valence-corrected chi connectivity index (χ3v) is 1.86. The molecule has 0 unspecified atom stereocenters. The van der Waals surface area contributed by atoms with Gasteiger partial charge >= 0.3 is 6.09 Å². The van der Waals surface area contributed by atoms with Crippen LogP contribution in [0.3, 0.4) is 0 Å². The van der Waals surface area contributed by atoms with E-state index in [0.717, 1.165) is 17.0 Å². The maximum absolute atomic E-state index is 10.9. The van der Waals surface area contributed by atoms with E-state index in [4.69, 9.17) is 4.74 Å². The van der Waals surface area contributed by atoms with Crippen LogP contribution < -0.4 is 10.1 Å². The predicted octanol–water partition coefficient (Wildman–Crippen LogP) is 2.18. The second kappa shape index (κ2) is 4.50. The summed E-state index contributed by atoms with van der Waals surface area (Å²) in [6.07, 6.45) is -0.474. The molecule has 0 saturated carbocycles. The Morgan fingerprint density at radius 3 is 2.57 bits per heavy atom. The lowest BCUT2D eigenvalue weighted by atomic mass is 10.2. The molecule has 0 aliphatic heterocycles. The number of benzene rings is 1. The molecule has 0 radical (unpaired) electrons. The molecule has 76 valence electrons. The fraction of sp³-hybridized carbons (Fsp3) is 0.300. The van der Waals surface area contributed by atoms with Crippen molar-refractivity contribution in [2.24, 2.45) is 0 Å². The van der Waals surface area contributed by atoms with E-state index in [-0.39, 0.29) is 0 Å². The van der Waals surface area contributed by atoms with E-state index in [1.54, 1.807) is 19.2 Å². The van der Waals surface area contributed by atoms with Crippen LogP contribution in [0.2, 0.25) is 0 Å². The van der Waals surface area contributed by atoms with Crippen molar-refractivity contribution in [1.29, 1.82) is 0 Å². The van der Waals surface area contributed by atoms with Gasteiger partial charge in [0, 0.05) is 5.69 Å². The normalized spacial score (nSPS) is 9.36. The number of amides is 1. The van der Waals surface area contributed by atoms with Gasteiger partial charge in [-0.3, -0.25) is 5.32 Å². The average molecular weight is 195 g/mol. The van der Waals surface area contributed by atoms with Crippen LogP contribution in [0.5, 0.6) is 5.75 Å². The van der Waals surface area contributed by atoms with E-state index < -0.39 is 6.09 Å². The molecule has 1 N–H and O–H groups in total. The second-order valence-corrected chi connectivity index (χ2v) is 2.80. The van der Waals surface area contributed by atoms with Crippen molar-refractivity contribution >= 4 is 11.8 Å². The van der Waals surface area contributed by atoms with Crippen molar-refractivity contribution in [3.63, 3.8) is 0 Å².